The summed E-state index contributed by atoms with van der Waals surface area (Å²) in [4.78, 5) is 14.8. The maximum absolute atomic E-state index is 13.0. The van der Waals surface area contributed by atoms with E-state index in [-0.39, 0.29) is 11.8 Å². The fourth-order valence-electron chi connectivity index (χ4n) is 3.51. The topological polar surface area (TPSA) is 56.6 Å². The van der Waals surface area contributed by atoms with Gasteiger partial charge in [0.2, 0.25) is 11.8 Å². The number of nitrogens with zero attached hydrogens (tertiary/aromatic N) is 3. The molecule has 4 rings (SSSR count). The van der Waals surface area contributed by atoms with Gasteiger partial charge in [-0.05, 0) is 37.1 Å². The van der Waals surface area contributed by atoms with Gasteiger partial charge < -0.3 is 14.4 Å². The Bertz CT molecular complexity index is 1030. The number of hydrogen-bond donors (Lipinski definition) is 0. The zero-order valence-corrected chi connectivity index (χ0v) is 18.5. The fourth-order valence-corrected chi connectivity index (χ4v) is 3.64. The Hall–Kier alpha value is -2.83. The molecular formula is C24H26ClN3O3. The number of halogens is 1. The monoisotopic (exact) mass is 439 g/mol. The van der Waals surface area contributed by atoms with E-state index in [2.05, 4.69) is 0 Å². The Labute approximate surface area is 187 Å². The zero-order chi connectivity index (χ0) is 21.8. The fraction of sp³-hybridized carbons (Fsp3) is 0.333. The summed E-state index contributed by atoms with van der Waals surface area (Å²) in [5.74, 6) is 1.55. The van der Waals surface area contributed by atoms with Gasteiger partial charge in [0, 0.05) is 37.2 Å². The van der Waals surface area contributed by atoms with Gasteiger partial charge in [-0.2, -0.15) is 5.10 Å². The van der Waals surface area contributed by atoms with E-state index in [1.165, 1.54) is 0 Å². The number of benzene rings is 2. The highest BCUT2D eigenvalue weighted by Gasteiger charge is 2.34. The smallest absolute Gasteiger partial charge is 0.226 e. The molecule has 1 aromatic heterocycles. The van der Waals surface area contributed by atoms with E-state index in [9.17, 15) is 4.79 Å². The Kier molecular flexibility index (Phi) is 6.59. The molecule has 7 heteroatoms. The molecule has 2 aromatic carbocycles. The normalized spacial score (nSPS) is 13.3. The number of ether oxygens (including phenoxy) is 2. The molecule has 0 saturated heterocycles. The summed E-state index contributed by atoms with van der Waals surface area (Å²) in [6.07, 6.45) is 1.91. The Morgan fingerprint density at radius 2 is 1.87 bits per heavy atom. The van der Waals surface area contributed by atoms with Gasteiger partial charge in [-0.25, -0.2) is 4.68 Å². The number of hydrogen-bond acceptors (Lipinski definition) is 4. The molecule has 1 heterocycles. The quantitative estimate of drug-likeness (QED) is 0.475. The average molecular weight is 440 g/mol. The van der Waals surface area contributed by atoms with Crippen LogP contribution in [0.4, 0.5) is 0 Å². The van der Waals surface area contributed by atoms with E-state index in [4.69, 9.17) is 26.2 Å². The van der Waals surface area contributed by atoms with Crippen molar-refractivity contribution >= 4 is 17.5 Å². The number of methoxy groups -OCH3 is 1. The zero-order valence-electron chi connectivity index (χ0n) is 17.8. The molecule has 0 aliphatic heterocycles. The van der Waals surface area contributed by atoms with Gasteiger partial charge in [-0.1, -0.05) is 41.9 Å². The van der Waals surface area contributed by atoms with Crippen molar-refractivity contribution in [2.45, 2.75) is 19.4 Å². The number of amides is 1. The molecule has 1 aliphatic rings. The van der Waals surface area contributed by atoms with Gasteiger partial charge in [0.1, 0.15) is 11.4 Å². The number of carbonyl (C=O) groups is 1. The highest BCUT2D eigenvalue weighted by molar-refractivity contribution is 6.30. The van der Waals surface area contributed by atoms with Gasteiger partial charge in [0.25, 0.3) is 0 Å². The summed E-state index contributed by atoms with van der Waals surface area (Å²) >= 11 is 6.02. The van der Waals surface area contributed by atoms with Crippen molar-refractivity contribution in [1.29, 1.82) is 0 Å². The van der Waals surface area contributed by atoms with Crippen molar-refractivity contribution in [3.8, 4) is 22.9 Å². The minimum Gasteiger partial charge on any atom is -0.439 e. The molecule has 0 N–H and O–H groups in total. The second-order valence-electron chi connectivity index (χ2n) is 7.70. The van der Waals surface area contributed by atoms with E-state index < -0.39 is 0 Å². The first-order chi connectivity index (χ1) is 15.1. The van der Waals surface area contributed by atoms with Crippen LogP contribution in [0, 0.1) is 5.92 Å². The summed E-state index contributed by atoms with van der Waals surface area (Å²) in [5.41, 5.74) is 2.65. The maximum Gasteiger partial charge on any atom is 0.226 e. The first-order valence-corrected chi connectivity index (χ1v) is 10.8. The molecule has 0 unspecified atom stereocenters. The standard InChI is InChI=1S/C24H26ClN3O3/c1-27-24(31-20-12-10-19(25)11-13-20)21(22(26-27)17-6-4-3-5-7-17)16-28(14-15-30-2)23(29)18-8-9-18/h3-7,10-13,18H,8-9,14-16H2,1-2H3. The Balaban J connectivity index is 1.72. The highest BCUT2D eigenvalue weighted by atomic mass is 35.5. The van der Waals surface area contributed by atoms with Crippen molar-refractivity contribution in [3.63, 3.8) is 0 Å². The third kappa shape index (κ3) is 5.09. The van der Waals surface area contributed by atoms with Crippen LogP contribution in [0.25, 0.3) is 11.3 Å². The van der Waals surface area contributed by atoms with E-state index in [0.29, 0.717) is 36.3 Å². The lowest BCUT2D eigenvalue weighted by Gasteiger charge is -2.23. The molecule has 1 amide bonds. The van der Waals surface area contributed by atoms with E-state index in [1.807, 2.05) is 54.4 Å². The lowest BCUT2D eigenvalue weighted by molar-refractivity contribution is -0.133. The van der Waals surface area contributed by atoms with Crippen LogP contribution < -0.4 is 4.74 Å². The second-order valence-corrected chi connectivity index (χ2v) is 8.14. The first-order valence-electron chi connectivity index (χ1n) is 10.4. The highest BCUT2D eigenvalue weighted by Crippen LogP contribution is 2.36. The predicted octanol–water partition coefficient (Wildman–Crippen LogP) is 4.92. The van der Waals surface area contributed by atoms with Crippen molar-refractivity contribution in [3.05, 3.63) is 65.2 Å². The van der Waals surface area contributed by atoms with Crippen LogP contribution >= 0.6 is 11.6 Å². The van der Waals surface area contributed by atoms with Crippen LogP contribution in [0.1, 0.15) is 18.4 Å². The molecule has 0 bridgehead atoms. The van der Waals surface area contributed by atoms with Crippen molar-refractivity contribution in [2.24, 2.45) is 13.0 Å². The maximum atomic E-state index is 13.0. The van der Waals surface area contributed by atoms with Crippen LogP contribution in [0.3, 0.4) is 0 Å². The van der Waals surface area contributed by atoms with E-state index in [0.717, 1.165) is 29.7 Å². The van der Waals surface area contributed by atoms with Crippen molar-refractivity contribution < 1.29 is 14.3 Å². The molecule has 162 valence electrons. The van der Waals surface area contributed by atoms with Gasteiger partial charge >= 0.3 is 0 Å². The number of carbonyl (C=O) groups excluding carboxylic acids is 1. The van der Waals surface area contributed by atoms with Gasteiger partial charge in [-0.3, -0.25) is 4.79 Å². The van der Waals surface area contributed by atoms with Gasteiger partial charge in [0.05, 0.1) is 18.7 Å². The van der Waals surface area contributed by atoms with Crippen molar-refractivity contribution in [1.82, 2.24) is 14.7 Å². The van der Waals surface area contributed by atoms with Crippen LogP contribution in [-0.2, 0) is 23.1 Å². The van der Waals surface area contributed by atoms with Crippen molar-refractivity contribution in [2.75, 3.05) is 20.3 Å². The van der Waals surface area contributed by atoms with Gasteiger partial charge in [0.15, 0.2) is 0 Å². The lowest BCUT2D eigenvalue weighted by Crippen LogP contribution is -2.34. The Morgan fingerprint density at radius 3 is 2.52 bits per heavy atom. The molecule has 0 atom stereocenters. The van der Waals surface area contributed by atoms with Crippen LogP contribution in [0.5, 0.6) is 11.6 Å². The van der Waals surface area contributed by atoms with Gasteiger partial charge in [-0.15, -0.1) is 0 Å². The van der Waals surface area contributed by atoms with Crippen LogP contribution in [0.2, 0.25) is 5.02 Å². The minimum atomic E-state index is 0.120. The van der Waals surface area contributed by atoms with Crippen LogP contribution in [0.15, 0.2) is 54.6 Å². The molecule has 1 fully saturated rings. The number of rotatable bonds is 9. The first kappa shape index (κ1) is 21.4. The summed E-state index contributed by atoms with van der Waals surface area (Å²) in [6, 6.07) is 17.2. The van der Waals surface area contributed by atoms with Crippen LogP contribution in [-0.4, -0.2) is 40.8 Å². The molecule has 31 heavy (non-hydrogen) atoms. The molecule has 1 aliphatic carbocycles. The number of aromatic nitrogens is 2. The second kappa shape index (κ2) is 9.54. The summed E-state index contributed by atoms with van der Waals surface area (Å²) in [5, 5.41) is 5.39. The van der Waals surface area contributed by atoms with E-state index >= 15 is 0 Å². The summed E-state index contributed by atoms with van der Waals surface area (Å²) < 4.78 is 13.2. The summed E-state index contributed by atoms with van der Waals surface area (Å²) in [7, 11) is 3.50. The lowest BCUT2D eigenvalue weighted by atomic mass is 10.1. The minimum absolute atomic E-state index is 0.120. The largest absolute Gasteiger partial charge is 0.439 e. The average Bonchev–Trinajstić information content (AvgIpc) is 3.59. The molecule has 6 nitrogen and oxygen atoms in total. The van der Waals surface area contributed by atoms with E-state index in [1.54, 1.807) is 23.9 Å². The third-order valence-electron chi connectivity index (χ3n) is 5.32. The summed E-state index contributed by atoms with van der Waals surface area (Å²) in [6.45, 7) is 1.40. The molecule has 0 spiro atoms. The molecular weight excluding hydrogens is 414 g/mol. The molecule has 1 saturated carbocycles. The Morgan fingerprint density at radius 1 is 1.16 bits per heavy atom. The SMILES string of the molecule is COCCN(Cc1c(-c2ccccc2)nn(C)c1Oc1ccc(Cl)cc1)C(=O)C1CC1. The predicted molar refractivity (Wildman–Crippen MR) is 120 cm³/mol. The molecule has 3 aromatic rings. The third-order valence-corrected chi connectivity index (χ3v) is 5.57. The molecule has 0 radical (unpaired) electrons. The number of aryl methyl sites for hydroxylation is 1.